The predicted octanol–water partition coefficient (Wildman–Crippen LogP) is 5.19. The Kier molecular flexibility index (Phi) is 8.91. The van der Waals surface area contributed by atoms with Crippen molar-refractivity contribution in [2.45, 2.75) is 31.6 Å². The maximum absolute atomic E-state index is 13.6. The first kappa shape index (κ1) is 26.8. The van der Waals surface area contributed by atoms with Gasteiger partial charge in [-0.2, -0.15) is 4.98 Å². The molecule has 1 saturated carbocycles. The molecule has 196 valence electrons. The van der Waals surface area contributed by atoms with Crippen molar-refractivity contribution < 1.29 is 13.9 Å². The number of methoxy groups -OCH3 is 1. The van der Waals surface area contributed by atoms with Crippen molar-refractivity contribution in [3.05, 3.63) is 69.4 Å². The van der Waals surface area contributed by atoms with E-state index in [-0.39, 0.29) is 22.7 Å². The molecule has 4 rings (SSSR count). The van der Waals surface area contributed by atoms with Crippen LogP contribution < -0.4 is 16.3 Å². The average molecular weight is 528 g/mol. The van der Waals surface area contributed by atoms with Crippen LogP contribution in [-0.4, -0.2) is 54.6 Å². The van der Waals surface area contributed by atoms with Gasteiger partial charge in [-0.25, -0.2) is 9.18 Å². The molecule has 1 amide bonds. The van der Waals surface area contributed by atoms with Gasteiger partial charge in [-0.05, 0) is 61.7 Å². The molecule has 1 aliphatic carbocycles. The van der Waals surface area contributed by atoms with Gasteiger partial charge in [-0.1, -0.05) is 30.5 Å². The van der Waals surface area contributed by atoms with Gasteiger partial charge < -0.3 is 25.3 Å². The van der Waals surface area contributed by atoms with E-state index in [1.54, 1.807) is 7.11 Å². The minimum absolute atomic E-state index is 0.0460. The van der Waals surface area contributed by atoms with E-state index in [1.165, 1.54) is 24.3 Å². The quantitative estimate of drug-likeness (QED) is 0.314. The highest BCUT2D eigenvalue weighted by molar-refractivity contribution is 6.31. The number of anilines is 3. The lowest BCUT2D eigenvalue weighted by Gasteiger charge is -2.18. The number of amides is 1. The maximum atomic E-state index is 13.6. The first-order chi connectivity index (χ1) is 17.8. The van der Waals surface area contributed by atoms with E-state index in [4.69, 9.17) is 16.3 Å². The van der Waals surface area contributed by atoms with Gasteiger partial charge in [-0.15, -0.1) is 0 Å². The molecule has 1 aromatic heterocycles. The van der Waals surface area contributed by atoms with E-state index in [1.807, 2.05) is 25.3 Å². The number of halogens is 2. The van der Waals surface area contributed by atoms with Gasteiger partial charge in [0.05, 0.1) is 17.1 Å². The number of carbonyl (C=O) groups excluding carboxylic acids is 1. The molecule has 1 fully saturated rings. The minimum Gasteiger partial charge on any atom is -0.383 e. The van der Waals surface area contributed by atoms with Crippen molar-refractivity contribution >= 4 is 45.6 Å². The van der Waals surface area contributed by atoms with Crippen LogP contribution in [0.25, 0.3) is 10.9 Å². The smallest absolute Gasteiger partial charge is 0.347 e. The van der Waals surface area contributed by atoms with Crippen molar-refractivity contribution in [2.75, 3.05) is 44.5 Å². The molecule has 37 heavy (non-hydrogen) atoms. The van der Waals surface area contributed by atoms with Crippen LogP contribution in [0.4, 0.5) is 21.6 Å². The molecule has 3 aromatic rings. The number of nitrogens with zero attached hydrogens (tertiary/aromatic N) is 2. The number of fused-ring (bicyclic) bond motifs is 1. The highest BCUT2D eigenvalue weighted by atomic mass is 35.5. The Labute approximate surface area is 219 Å². The standard InChI is InChI=1S/C27H31ClFN5O3/c1-34(12-13-37-2)11-5-8-25(35)31-23-16-20-24(15-19(23)17-6-3-4-7-17)32-27(36)33-26(20)30-18-9-10-22(29)21(28)14-18/h5,8-10,14-17H,3-4,6-7,11-13H2,1-2H3,(H,31,35)(H2,30,32,33,36). The lowest BCUT2D eigenvalue weighted by Crippen LogP contribution is -2.23. The molecule has 3 N–H and O–H groups in total. The molecule has 0 spiro atoms. The molecule has 0 unspecified atom stereocenters. The Morgan fingerprint density at radius 1 is 1.30 bits per heavy atom. The Bertz CT molecular complexity index is 1350. The summed E-state index contributed by atoms with van der Waals surface area (Å²) in [5, 5.41) is 6.66. The summed E-state index contributed by atoms with van der Waals surface area (Å²) in [7, 11) is 3.61. The second-order valence-electron chi connectivity index (χ2n) is 9.26. The number of aromatic nitrogens is 2. The fourth-order valence-electron chi connectivity index (χ4n) is 4.56. The molecule has 1 heterocycles. The van der Waals surface area contributed by atoms with Crippen LogP contribution in [0.15, 0.2) is 47.3 Å². The minimum atomic E-state index is -0.542. The lowest BCUT2D eigenvalue weighted by molar-refractivity contribution is -0.111. The SMILES string of the molecule is COCCN(C)CC=CC(=O)Nc1cc2c(Nc3ccc(F)c(Cl)c3)nc(=O)[nH]c2cc1C1CCCC1. The van der Waals surface area contributed by atoms with E-state index in [0.29, 0.717) is 35.4 Å². The Balaban J connectivity index is 1.66. The number of aromatic amines is 1. The van der Waals surface area contributed by atoms with Crippen LogP contribution in [0.5, 0.6) is 0 Å². The number of H-pyrrole nitrogens is 1. The van der Waals surface area contributed by atoms with Gasteiger partial charge in [0, 0.05) is 43.0 Å². The third kappa shape index (κ3) is 6.94. The molecule has 0 radical (unpaired) electrons. The number of benzene rings is 2. The summed E-state index contributed by atoms with van der Waals surface area (Å²) in [5.74, 6) is -0.214. The number of ether oxygens (including phenoxy) is 1. The molecular formula is C27H31ClFN5O3. The van der Waals surface area contributed by atoms with Gasteiger partial charge >= 0.3 is 5.69 Å². The predicted molar refractivity (Wildman–Crippen MR) is 145 cm³/mol. The molecule has 0 bridgehead atoms. The van der Waals surface area contributed by atoms with E-state index >= 15 is 0 Å². The molecule has 10 heteroatoms. The van der Waals surface area contributed by atoms with Gasteiger partial charge in [0.15, 0.2) is 0 Å². The summed E-state index contributed by atoms with van der Waals surface area (Å²) >= 11 is 5.93. The van der Waals surface area contributed by atoms with Crippen LogP contribution in [0, 0.1) is 5.82 Å². The zero-order valence-corrected chi connectivity index (χ0v) is 21.7. The summed E-state index contributed by atoms with van der Waals surface area (Å²) in [6.45, 7) is 2.00. The highest BCUT2D eigenvalue weighted by Crippen LogP contribution is 2.40. The second-order valence-corrected chi connectivity index (χ2v) is 9.66. The highest BCUT2D eigenvalue weighted by Gasteiger charge is 2.22. The largest absolute Gasteiger partial charge is 0.383 e. The zero-order valence-electron chi connectivity index (χ0n) is 20.9. The number of hydrogen-bond acceptors (Lipinski definition) is 6. The van der Waals surface area contributed by atoms with E-state index in [0.717, 1.165) is 37.8 Å². The average Bonchev–Trinajstić information content (AvgIpc) is 3.40. The molecule has 0 atom stereocenters. The first-order valence-corrected chi connectivity index (χ1v) is 12.7. The second kappa shape index (κ2) is 12.3. The molecule has 0 saturated heterocycles. The third-order valence-corrected chi connectivity index (χ3v) is 6.79. The van der Waals surface area contributed by atoms with Crippen LogP contribution in [0.3, 0.4) is 0 Å². The molecule has 1 aliphatic rings. The molecular weight excluding hydrogens is 497 g/mol. The van der Waals surface area contributed by atoms with E-state index in [2.05, 4.69) is 25.5 Å². The van der Waals surface area contributed by atoms with E-state index < -0.39 is 11.5 Å². The Hall–Kier alpha value is -3.27. The van der Waals surface area contributed by atoms with Gasteiger partial charge in [-0.3, -0.25) is 4.79 Å². The van der Waals surface area contributed by atoms with Gasteiger partial charge in [0.2, 0.25) is 5.91 Å². The molecule has 0 aliphatic heterocycles. The van der Waals surface area contributed by atoms with Crippen molar-refractivity contribution in [1.82, 2.24) is 14.9 Å². The third-order valence-electron chi connectivity index (χ3n) is 6.50. The van der Waals surface area contributed by atoms with Crippen molar-refractivity contribution in [1.29, 1.82) is 0 Å². The van der Waals surface area contributed by atoms with Crippen molar-refractivity contribution in [2.24, 2.45) is 0 Å². The Morgan fingerprint density at radius 2 is 2.08 bits per heavy atom. The van der Waals surface area contributed by atoms with E-state index in [9.17, 15) is 14.0 Å². The fourth-order valence-corrected chi connectivity index (χ4v) is 4.74. The number of carbonyl (C=O) groups is 1. The summed E-state index contributed by atoms with van der Waals surface area (Å²) in [4.78, 5) is 34.1. The normalized spacial score (nSPS) is 14.2. The number of likely N-dealkylation sites (N-methyl/N-ethyl adjacent to an activating group) is 1. The first-order valence-electron chi connectivity index (χ1n) is 12.3. The number of hydrogen-bond donors (Lipinski definition) is 3. The lowest BCUT2D eigenvalue weighted by atomic mass is 9.94. The summed E-state index contributed by atoms with van der Waals surface area (Å²) in [5.41, 5.74) is 2.23. The number of nitrogens with one attached hydrogen (secondary N) is 3. The molecule has 8 nitrogen and oxygen atoms in total. The van der Waals surface area contributed by atoms with Crippen molar-refractivity contribution in [3.8, 4) is 0 Å². The topological polar surface area (TPSA) is 99.3 Å². The monoisotopic (exact) mass is 527 g/mol. The van der Waals surface area contributed by atoms with Crippen LogP contribution in [0.2, 0.25) is 5.02 Å². The van der Waals surface area contributed by atoms with Gasteiger partial charge in [0.25, 0.3) is 0 Å². The van der Waals surface area contributed by atoms with Crippen molar-refractivity contribution in [3.63, 3.8) is 0 Å². The number of rotatable bonds is 10. The van der Waals surface area contributed by atoms with Crippen LogP contribution in [0.1, 0.15) is 37.2 Å². The summed E-state index contributed by atoms with van der Waals surface area (Å²) < 4.78 is 18.7. The molecule has 2 aromatic carbocycles. The van der Waals surface area contributed by atoms with Crippen LogP contribution in [-0.2, 0) is 9.53 Å². The Morgan fingerprint density at radius 3 is 2.81 bits per heavy atom. The zero-order chi connectivity index (χ0) is 26.4. The summed E-state index contributed by atoms with van der Waals surface area (Å²) in [6, 6.07) is 7.93. The van der Waals surface area contributed by atoms with Crippen LogP contribution >= 0.6 is 11.6 Å². The van der Waals surface area contributed by atoms with Gasteiger partial charge in [0.1, 0.15) is 11.6 Å². The fraction of sp³-hybridized carbons (Fsp3) is 0.370. The summed E-state index contributed by atoms with van der Waals surface area (Å²) in [6.07, 6.45) is 7.61. The maximum Gasteiger partial charge on any atom is 0.347 e.